The lowest BCUT2D eigenvalue weighted by atomic mass is 10.1. The summed E-state index contributed by atoms with van der Waals surface area (Å²) < 4.78 is 88.6. The Labute approximate surface area is 81.2 Å². The number of hydrogen-bond donors (Lipinski definition) is 0. The van der Waals surface area contributed by atoms with E-state index in [1.54, 1.807) is 0 Å². The van der Waals surface area contributed by atoms with Crippen molar-refractivity contribution in [3.63, 3.8) is 0 Å². The molecule has 0 aliphatic carbocycles. The third kappa shape index (κ3) is 3.51. The Morgan fingerprint density at radius 1 is 1.07 bits per heavy atom. The van der Waals surface area contributed by atoms with Crippen LogP contribution in [0.25, 0.3) is 0 Å². The highest BCUT2D eigenvalue weighted by molar-refractivity contribution is 4.87. The minimum Gasteiger partial charge on any atom is -0.369 e. The molecule has 0 saturated heterocycles. The third-order valence-corrected chi connectivity index (χ3v) is 1.55. The van der Waals surface area contributed by atoms with Gasteiger partial charge in [0.05, 0.1) is 0 Å². The largest absolute Gasteiger partial charge is 0.369 e. The van der Waals surface area contributed by atoms with E-state index in [4.69, 9.17) is 0 Å². The highest BCUT2D eigenvalue weighted by Gasteiger charge is 2.55. The Morgan fingerprint density at radius 3 is 1.80 bits per heavy atom. The van der Waals surface area contributed by atoms with Crippen LogP contribution in [0.2, 0.25) is 0 Å². The monoisotopic (exact) mass is 242 g/mol. The summed E-state index contributed by atoms with van der Waals surface area (Å²) in [5, 5.41) is 0. The van der Waals surface area contributed by atoms with Gasteiger partial charge in [0.2, 0.25) is 0 Å². The van der Waals surface area contributed by atoms with Crippen LogP contribution in [0.15, 0.2) is 0 Å². The van der Waals surface area contributed by atoms with Gasteiger partial charge in [-0.25, -0.2) is 22.0 Å². The first kappa shape index (κ1) is 14.5. The maximum atomic E-state index is 12.6. The van der Waals surface area contributed by atoms with Crippen LogP contribution in [0, 0.1) is 0 Å². The molecule has 0 amide bonds. The van der Waals surface area contributed by atoms with Crippen LogP contribution in [0.4, 0.5) is 30.7 Å². The fourth-order valence-corrected chi connectivity index (χ4v) is 0.851. The fourth-order valence-electron chi connectivity index (χ4n) is 0.851. The topological polar surface area (TPSA) is 9.23 Å². The van der Waals surface area contributed by atoms with E-state index in [2.05, 4.69) is 4.74 Å². The van der Waals surface area contributed by atoms with E-state index in [1.165, 1.54) is 0 Å². The second-order valence-electron chi connectivity index (χ2n) is 2.63. The summed E-state index contributed by atoms with van der Waals surface area (Å²) in [4.78, 5) is 0. The molecule has 15 heavy (non-hydrogen) atoms. The van der Waals surface area contributed by atoms with Crippen molar-refractivity contribution in [2.45, 2.75) is 38.0 Å². The van der Waals surface area contributed by atoms with Gasteiger partial charge in [0, 0.05) is 6.61 Å². The van der Waals surface area contributed by atoms with Crippen LogP contribution in [0.5, 0.6) is 0 Å². The van der Waals surface area contributed by atoms with Crippen molar-refractivity contribution in [3.8, 4) is 0 Å². The molecule has 2 atom stereocenters. The van der Waals surface area contributed by atoms with E-state index in [1.807, 2.05) is 0 Å². The maximum absolute atomic E-state index is 12.6. The van der Waals surface area contributed by atoms with Crippen molar-refractivity contribution in [3.05, 3.63) is 0 Å². The van der Waals surface area contributed by atoms with E-state index in [0.717, 1.165) is 6.92 Å². The first-order valence-corrected chi connectivity index (χ1v) is 3.94. The molecule has 0 spiro atoms. The lowest BCUT2D eigenvalue weighted by Crippen LogP contribution is -2.50. The highest BCUT2D eigenvalue weighted by atomic mass is 19.3. The molecular formula is C7H9F7O. The minimum atomic E-state index is -4.94. The van der Waals surface area contributed by atoms with E-state index < -0.39 is 37.7 Å². The Bertz CT molecular complexity index is 184. The molecule has 0 aromatic heterocycles. The summed E-state index contributed by atoms with van der Waals surface area (Å²) >= 11 is 0. The molecule has 0 aromatic rings. The standard InChI is InChI=1S/C7H9F7O/c1-2-15-4(3(8)5(9)10)7(13,14)6(11)12/h3-6H,2H2,1H3. The molecule has 0 heterocycles. The molecule has 0 aliphatic heterocycles. The molecule has 0 radical (unpaired) electrons. The molecule has 0 fully saturated rings. The zero-order valence-electron chi connectivity index (χ0n) is 7.57. The normalized spacial score (nSPS) is 17.2. The average molecular weight is 242 g/mol. The summed E-state index contributed by atoms with van der Waals surface area (Å²) in [6, 6.07) is 0. The molecule has 92 valence electrons. The van der Waals surface area contributed by atoms with E-state index in [0.29, 0.717) is 0 Å². The summed E-state index contributed by atoms with van der Waals surface area (Å²) in [5.74, 6) is -4.94. The van der Waals surface area contributed by atoms with Crippen molar-refractivity contribution in [2.24, 2.45) is 0 Å². The predicted molar refractivity (Wildman–Crippen MR) is 37.3 cm³/mol. The van der Waals surface area contributed by atoms with Gasteiger partial charge in [-0.2, -0.15) is 8.78 Å². The molecule has 0 saturated carbocycles. The second kappa shape index (κ2) is 5.53. The van der Waals surface area contributed by atoms with Crippen LogP contribution in [0.1, 0.15) is 6.92 Å². The Balaban J connectivity index is 4.79. The second-order valence-corrected chi connectivity index (χ2v) is 2.63. The van der Waals surface area contributed by atoms with E-state index >= 15 is 0 Å². The third-order valence-electron chi connectivity index (χ3n) is 1.55. The van der Waals surface area contributed by atoms with E-state index in [9.17, 15) is 30.7 Å². The minimum absolute atomic E-state index is 0.569. The van der Waals surface area contributed by atoms with Crippen LogP contribution in [-0.4, -0.2) is 37.7 Å². The summed E-state index contributed by atoms with van der Waals surface area (Å²) in [5.41, 5.74) is 0. The molecule has 0 rings (SSSR count). The van der Waals surface area contributed by atoms with E-state index in [-0.39, 0.29) is 0 Å². The van der Waals surface area contributed by atoms with Crippen LogP contribution >= 0.6 is 0 Å². The quantitative estimate of drug-likeness (QED) is 0.651. The van der Waals surface area contributed by atoms with Gasteiger partial charge in [-0.05, 0) is 6.92 Å². The highest BCUT2D eigenvalue weighted by Crippen LogP contribution is 2.33. The molecule has 0 aromatic carbocycles. The molecule has 1 nitrogen and oxygen atoms in total. The van der Waals surface area contributed by atoms with Crippen LogP contribution < -0.4 is 0 Å². The van der Waals surface area contributed by atoms with Crippen molar-refractivity contribution in [2.75, 3.05) is 6.61 Å². The smallest absolute Gasteiger partial charge is 0.335 e. The van der Waals surface area contributed by atoms with Gasteiger partial charge >= 0.3 is 12.3 Å². The molecule has 0 N–H and O–H groups in total. The van der Waals surface area contributed by atoms with Gasteiger partial charge in [0.15, 0.2) is 12.3 Å². The van der Waals surface area contributed by atoms with Gasteiger partial charge in [-0.3, -0.25) is 0 Å². The van der Waals surface area contributed by atoms with Crippen molar-refractivity contribution < 1.29 is 35.5 Å². The first-order chi connectivity index (χ1) is 6.75. The molecule has 0 bridgehead atoms. The SMILES string of the molecule is CCOC(C(F)C(F)F)C(F)(F)C(F)F. The molecule has 2 unspecified atom stereocenters. The summed E-state index contributed by atoms with van der Waals surface area (Å²) in [6.07, 6.45) is -14.6. The lowest BCUT2D eigenvalue weighted by molar-refractivity contribution is -0.234. The molecule has 8 heteroatoms. The number of halogens is 7. The number of ether oxygens (including phenoxy) is 1. The molecular weight excluding hydrogens is 233 g/mol. The predicted octanol–water partition coefficient (Wildman–Crippen LogP) is 2.90. The Kier molecular flexibility index (Phi) is 5.33. The van der Waals surface area contributed by atoms with Crippen molar-refractivity contribution >= 4 is 0 Å². The Morgan fingerprint density at radius 2 is 1.53 bits per heavy atom. The average Bonchev–Trinajstić information content (AvgIpc) is 2.12. The zero-order valence-corrected chi connectivity index (χ0v) is 7.57. The van der Waals surface area contributed by atoms with Gasteiger partial charge in [0.25, 0.3) is 6.43 Å². The lowest BCUT2D eigenvalue weighted by Gasteiger charge is -2.28. The van der Waals surface area contributed by atoms with Gasteiger partial charge in [0.1, 0.15) is 0 Å². The van der Waals surface area contributed by atoms with Crippen LogP contribution in [-0.2, 0) is 4.74 Å². The van der Waals surface area contributed by atoms with Crippen LogP contribution in [0.3, 0.4) is 0 Å². The van der Waals surface area contributed by atoms with Crippen molar-refractivity contribution in [1.29, 1.82) is 0 Å². The summed E-state index contributed by atoms with van der Waals surface area (Å²) in [7, 11) is 0. The number of hydrogen-bond acceptors (Lipinski definition) is 1. The summed E-state index contributed by atoms with van der Waals surface area (Å²) in [6.45, 7) is 0.535. The first-order valence-electron chi connectivity index (χ1n) is 3.94. The fraction of sp³-hybridized carbons (Fsp3) is 1.00. The molecule has 0 aliphatic rings. The number of rotatable bonds is 6. The van der Waals surface area contributed by atoms with Gasteiger partial charge in [-0.15, -0.1) is 0 Å². The van der Waals surface area contributed by atoms with Crippen molar-refractivity contribution in [1.82, 2.24) is 0 Å². The maximum Gasteiger partial charge on any atom is 0.335 e. The Hall–Kier alpha value is -0.530. The van der Waals surface area contributed by atoms with Gasteiger partial charge < -0.3 is 4.74 Å². The van der Waals surface area contributed by atoms with Gasteiger partial charge in [-0.1, -0.05) is 0 Å². The number of alkyl halides is 7. The zero-order chi connectivity index (χ0) is 12.2.